The summed E-state index contributed by atoms with van der Waals surface area (Å²) < 4.78 is 18.1. The largest absolute Gasteiger partial charge is 0.459 e. The first-order valence-corrected chi connectivity index (χ1v) is 7.14. The quantitative estimate of drug-likeness (QED) is 0.764. The fourth-order valence-corrected chi connectivity index (χ4v) is 2.07. The Morgan fingerprint density at radius 1 is 0.833 bits per heavy atom. The molecule has 3 aromatic rings. The van der Waals surface area contributed by atoms with Gasteiger partial charge in [0.25, 0.3) is 11.8 Å². The van der Waals surface area contributed by atoms with Gasteiger partial charge in [0.2, 0.25) is 0 Å². The van der Waals surface area contributed by atoms with Crippen LogP contribution >= 0.6 is 0 Å². The lowest BCUT2D eigenvalue weighted by molar-refractivity contribution is 0.0995. The average Bonchev–Trinajstić information content (AvgIpc) is 3.10. The summed E-state index contributed by atoms with van der Waals surface area (Å²) in [5.41, 5.74) is 1.28. The zero-order valence-corrected chi connectivity index (χ0v) is 12.5. The second-order valence-electron chi connectivity index (χ2n) is 4.97. The molecule has 1 heterocycles. The standard InChI is InChI=1S/C18H13FN2O3/c19-13-3-1-4-15(11-13)21-17(22)12-6-8-14(9-7-12)20-18(23)16-5-2-10-24-16/h1-11H,(H,20,23)(H,21,22). The normalized spacial score (nSPS) is 10.2. The highest BCUT2D eigenvalue weighted by Gasteiger charge is 2.10. The molecular formula is C18H13FN2O3. The van der Waals surface area contributed by atoms with Gasteiger partial charge >= 0.3 is 0 Å². The highest BCUT2D eigenvalue weighted by molar-refractivity contribution is 6.05. The number of benzene rings is 2. The zero-order chi connectivity index (χ0) is 16.9. The van der Waals surface area contributed by atoms with Crippen LogP contribution in [-0.4, -0.2) is 11.8 Å². The van der Waals surface area contributed by atoms with Crippen molar-refractivity contribution in [2.75, 3.05) is 10.6 Å². The van der Waals surface area contributed by atoms with Crippen LogP contribution in [0.4, 0.5) is 15.8 Å². The molecule has 1 aromatic heterocycles. The Morgan fingerprint density at radius 3 is 2.25 bits per heavy atom. The average molecular weight is 324 g/mol. The van der Waals surface area contributed by atoms with E-state index in [4.69, 9.17) is 4.42 Å². The molecule has 5 nitrogen and oxygen atoms in total. The predicted octanol–water partition coefficient (Wildman–Crippen LogP) is 3.92. The van der Waals surface area contributed by atoms with Crippen LogP contribution in [0.5, 0.6) is 0 Å². The van der Waals surface area contributed by atoms with Crippen LogP contribution in [0.25, 0.3) is 0 Å². The van der Waals surface area contributed by atoms with Crippen molar-refractivity contribution in [1.82, 2.24) is 0 Å². The molecule has 2 amide bonds. The van der Waals surface area contributed by atoms with Gasteiger partial charge in [-0.2, -0.15) is 0 Å². The molecule has 0 fully saturated rings. The summed E-state index contributed by atoms with van der Waals surface area (Å²) in [5, 5.41) is 5.25. The Hall–Kier alpha value is -3.41. The number of halogens is 1. The predicted molar refractivity (Wildman–Crippen MR) is 87.5 cm³/mol. The van der Waals surface area contributed by atoms with E-state index in [1.165, 1.54) is 24.5 Å². The van der Waals surface area contributed by atoms with Crippen molar-refractivity contribution in [3.05, 3.63) is 84.1 Å². The molecule has 2 aromatic carbocycles. The second kappa shape index (κ2) is 6.78. The van der Waals surface area contributed by atoms with E-state index in [2.05, 4.69) is 10.6 Å². The maximum Gasteiger partial charge on any atom is 0.291 e. The maximum atomic E-state index is 13.1. The first-order chi connectivity index (χ1) is 11.6. The number of hydrogen-bond acceptors (Lipinski definition) is 3. The fourth-order valence-electron chi connectivity index (χ4n) is 2.07. The van der Waals surface area contributed by atoms with Gasteiger partial charge in [0.1, 0.15) is 5.82 Å². The number of nitrogens with one attached hydrogen (secondary N) is 2. The Kier molecular flexibility index (Phi) is 4.38. The van der Waals surface area contributed by atoms with Crippen LogP contribution in [0, 0.1) is 5.82 Å². The summed E-state index contributed by atoms with van der Waals surface area (Å²) in [6, 6.07) is 15.1. The molecule has 24 heavy (non-hydrogen) atoms. The van der Waals surface area contributed by atoms with E-state index in [1.54, 1.807) is 42.5 Å². The Bertz CT molecular complexity index is 858. The lowest BCUT2D eigenvalue weighted by Gasteiger charge is -2.07. The first-order valence-electron chi connectivity index (χ1n) is 7.14. The van der Waals surface area contributed by atoms with Crippen LogP contribution in [0.3, 0.4) is 0 Å². The van der Waals surface area contributed by atoms with Gasteiger partial charge in [0.05, 0.1) is 6.26 Å². The number of hydrogen-bond donors (Lipinski definition) is 2. The molecule has 0 spiro atoms. The number of carbonyl (C=O) groups is 2. The summed E-state index contributed by atoms with van der Waals surface area (Å²) >= 11 is 0. The summed E-state index contributed by atoms with van der Waals surface area (Å²) in [5.74, 6) is -0.979. The molecule has 2 N–H and O–H groups in total. The lowest BCUT2D eigenvalue weighted by Crippen LogP contribution is -2.13. The van der Waals surface area contributed by atoms with Crippen LogP contribution in [0.15, 0.2) is 71.3 Å². The van der Waals surface area contributed by atoms with Crippen LogP contribution < -0.4 is 10.6 Å². The van der Waals surface area contributed by atoms with Gasteiger partial charge in [-0.25, -0.2) is 4.39 Å². The van der Waals surface area contributed by atoms with Crippen molar-refractivity contribution in [3.8, 4) is 0 Å². The molecular weight excluding hydrogens is 311 g/mol. The smallest absolute Gasteiger partial charge is 0.291 e. The number of amides is 2. The Morgan fingerprint density at radius 2 is 1.58 bits per heavy atom. The summed E-state index contributed by atoms with van der Waals surface area (Å²) in [6.07, 6.45) is 1.41. The third-order valence-electron chi connectivity index (χ3n) is 3.23. The van der Waals surface area contributed by atoms with E-state index < -0.39 is 5.82 Å². The molecule has 0 aliphatic carbocycles. The van der Waals surface area contributed by atoms with Gasteiger partial charge in [-0.15, -0.1) is 0 Å². The zero-order valence-electron chi connectivity index (χ0n) is 12.5. The van der Waals surface area contributed by atoms with E-state index in [1.807, 2.05) is 0 Å². The topological polar surface area (TPSA) is 71.3 Å². The number of carbonyl (C=O) groups excluding carboxylic acids is 2. The minimum absolute atomic E-state index is 0.197. The summed E-state index contributed by atoms with van der Waals surface area (Å²) in [4.78, 5) is 24.0. The van der Waals surface area contributed by atoms with E-state index >= 15 is 0 Å². The van der Waals surface area contributed by atoms with E-state index in [-0.39, 0.29) is 17.6 Å². The highest BCUT2D eigenvalue weighted by Crippen LogP contribution is 2.14. The lowest BCUT2D eigenvalue weighted by atomic mass is 10.2. The minimum Gasteiger partial charge on any atom is -0.459 e. The first kappa shape index (κ1) is 15.5. The van der Waals surface area contributed by atoms with Crippen molar-refractivity contribution in [2.24, 2.45) is 0 Å². The van der Waals surface area contributed by atoms with E-state index in [0.717, 1.165) is 0 Å². The van der Waals surface area contributed by atoms with Gasteiger partial charge in [-0.1, -0.05) is 6.07 Å². The van der Waals surface area contributed by atoms with Crippen molar-refractivity contribution < 1.29 is 18.4 Å². The summed E-state index contributed by atoms with van der Waals surface area (Å²) in [7, 11) is 0. The monoisotopic (exact) mass is 324 g/mol. The van der Waals surface area contributed by atoms with Gasteiger partial charge < -0.3 is 15.1 Å². The summed E-state index contributed by atoms with van der Waals surface area (Å²) in [6.45, 7) is 0. The molecule has 0 aliphatic heterocycles. The molecule has 0 unspecified atom stereocenters. The van der Waals surface area contributed by atoms with Crippen molar-refractivity contribution in [1.29, 1.82) is 0 Å². The molecule has 120 valence electrons. The van der Waals surface area contributed by atoms with E-state index in [9.17, 15) is 14.0 Å². The minimum atomic E-state index is -0.427. The molecule has 6 heteroatoms. The fraction of sp³-hybridized carbons (Fsp3) is 0. The van der Waals surface area contributed by atoms with Crippen LogP contribution in [-0.2, 0) is 0 Å². The van der Waals surface area contributed by atoms with Crippen molar-refractivity contribution in [3.63, 3.8) is 0 Å². The molecule has 3 rings (SSSR count). The molecule has 0 saturated carbocycles. The van der Waals surface area contributed by atoms with Gasteiger partial charge in [0.15, 0.2) is 5.76 Å². The number of anilines is 2. The highest BCUT2D eigenvalue weighted by atomic mass is 19.1. The number of rotatable bonds is 4. The molecule has 0 bridgehead atoms. The number of furan rings is 1. The Labute approximate surface area is 137 Å². The van der Waals surface area contributed by atoms with Gasteiger partial charge in [-0.05, 0) is 54.6 Å². The molecule has 0 radical (unpaired) electrons. The SMILES string of the molecule is O=C(Nc1cccc(F)c1)c1ccc(NC(=O)c2ccco2)cc1. The Balaban J connectivity index is 1.65. The van der Waals surface area contributed by atoms with E-state index in [0.29, 0.717) is 16.9 Å². The second-order valence-corrected chi connectivity index (χ2v) is 4.97. The van der Waals surface area contributed by atoms with Crippen molar-refractivity contribution in [2.45, 2.75) is 0 Å². The third-order valence-corrected chi connectivity index (χ3v) is 3.23. The molecule has 0 atom stereocenters. The maximum absolute atomic E-state index is 13.1. The van der Waals surface area contributed by atoms with Crippen LogP contribution in [0.1, 0.15) is 20.9 Å². The molecule has 0 aliphatic rings. The van der Waals surface area contributed by atoms with Crippen LogP contribution in [0.2, 0.25) is 0 Å². The van der Waals surface area contributed by atoms with Gasteiger partial charge in [0, 0.05) is 16.9 Å². The van der Waals surface area contributed by atoms with Gasteiger partial charge in [-0.3, -0.25) is 9.59 Å². The third kappa shape index (κ3) is 3.67. The van der Waals surface area contributed by atoms with Crippen molar-refractivity contribution >= 4 is 23.2 Å². The molecule has 0 saturated heterocycles.